The Morgan fingerprint density at radius 1 is 1.07 bits per heavy atom. The van der Waals surface area contributed by atoms with E-state index in [0.29, 0.717) is 16.8 Å². The molecule has 4 rings (SSSR count). The number of hydrogen-bond donors (Lipinski definition) is 0. The number of aryl methyl sites for hydroxylation is 2. The molecule has 2 heterocycles. The Balaban J connectivity index is 1.51. The molecule has 8 heteroatoms. The van der Waals surface area contributed by atoms with Gasteiger partial charge in [0.05, 0.1) is 18.5 Å². The third kappa shape index (κ3) is 3.63. The van der Waals surface area contributed by atoms with Crippen LogP contribution in [0.5, 0.6) is 5.75 Å². The van der Waals surface area contributed by atoms with Crippen LogP contribution in [0.4, 0.5) is 0 Å². The van der Waals surface area contributed by atoms with E-state index in [0.717, 1.165) is 33.8 Å². The molecule has 0 amide bonds. The second-order valence-corrected chi connectivity index (χ2v) is 7.22. The van der Waals surface area contributed by atoms with Crippen LogP contribution >= 0.6 is 11.8 Å². The Hall–Kier alpha value is -3.13. The van der Waals surface area contributed by atoms with E-state index in [1.165, 1.54) is 11.8 Å². The van der Waals surface area contributed by atoms with Crippen molar-refractivity contribution in [1.82, 2.24) is 25.2 Å². The first-order chi connectivity index (χ1) is 13.7. The van der Waals surface area contributed by atoms with Gasteiger partial charge in [0.25, 0.3) is 0 Å². The van der Waals surface area contributed by atoms with Crippen LogP contribution in [0.1, 0.15) is 16.8 Å². The Bertz CT molecular complexity index is 1070. The van der Waals surface area contributed by atoms with Gasteiger partial charge in [-0.2, -0.15) is 4.68 Å². The van der Waals surface area contributed by atoms with Crippen molar-refractivity contribution >= 4 is 11.8 Å². The summed E-state index contributed by atoms with van der Waals surface area (Å²) in [5.74, 6) is 1.97. The van der Waals surface area contributed by atoms with Crippen LogP contribution < -0.4 is 4.74 Å². The van der Waals surface area contributed by atoms with E-state index in [1.54, 1.807) is 18.1 Å². The second kappa shape index (κ2) is 7.85. The lowest BCUT2D eigenvalue weighted by Gasteiger charge is -2.10. The highest BCUT2D eigenvalue weighted by molar-refractivity contribution is 7.98. The maximum atomic E-state index is 5.62. The topological polar surface area (TPSA) is 78.9 Å². The van der Waals surface area contributed by atoms with Gasteiger partial charge in [-0.3, -0.25) is 0 Å². The molecule has 0 unspecified atom stereocenters. The summed E-state index contributed by atoms with van der Waals surface area (Å²) in [5.41, 5.74) is 4.98. The smallest absolute Gasteiger partial charge is 0.226 e. The molecule has 0 saturated heterocycles. The fourth-order valence-electron chi connectivity index (χ4n) is 2.93. The average molecular weight is 393 g/mol. The van der Waals surface area contributed by atoms with Gasteiger partial charge in [-0.1, -0.05) is 30.0 Å². The number of para-hydroxylation sites is 1. The first-order valence-corrected chi connectivity index (χ1v) is 9.71. The van der Waals surface area contributed by atoms with Crippen LogP contribution in [0.2, 0.25) is 0 Å². The number of benzene rings is 2. The molecule has 28 heavy (non-hydrogen) atoms. The third-order valence-electron chi connectivity index (χ3n) is 4.33. The molecule has 2 aromatic heterocycles. The highest BCUT2D eigenvalue weighted by Crippen LogP contribution is 2.27. The molecule has 0 spiro atoms. The van der Waals surface area contributed by atoms with Gasteiger partial charge >= 0.3 is 0 Å². The van der Waals surface area contributed by atoms with Gasteiger partial charge in [0.2, 0.25) is 11.0 Å². The maximum absolute atomic E-state index is 5.62. The minimum atomic E-state index is 0.576. The van der Waals surface area contributed by atoms with Gasteiger partial charge in [-0.05, 0) is 59.7 Å². The van der Waals surface area contributed by atoms with Crippen molar-refractivity contribution in [1.29, 1.82) is 0 Å². The summed E-state index contributed by atoms with van der Waals surface area (Å²) in [4.78, 5) is 4.57. The zero-order valence-corrected chi connectivity index (χ0v) is 16.6. The van der Waals surface area contributed by atoms with Gasteiger partial charge in [-0.25, -0.2) is 4.98 Å². The highest BCUT2D eigenvalue weighted by Gasteiger charge is 2.15. The predicted molar refractivity (Wildman–Crippen MR) is 107 cm³/mol. The summed E-state index contributed by atoms with van der Waals surface area (Å²) in [6.45, 7) is 4.11. The van der Waals surface area contributed by atoms with Gasteiger partial charge in [0, 0.05) is 11.3 Å². The standard InChI is InChI=1S/C20H19N5O2S/c1-13-5-4-6-14(2)18(13)25-20(22-23-24-25)28-12-16-11-27-19(21-16)15-7-9-17(26-3)10-8-15/h4-11H,12H2,1-3H3. The summed E-state index contributed by atoms with van der Waals surface area (Å²) in [7, 11) is 1.64. The fourth-order valence-corrected chi connectivity index (χ4v) is 3.68. The zero-order valence-electron chi connectivity index (χ0n) is 15.8. The van der Waals surface area contributed by atoms with Crippen LogP contribution in [-0.2, 0) is 5.75 Å². The number of nitrogens with zero attached hydrogens (tertiary/aromatic N) is 5. The van der Waals surface area contributed by atoms with Gasteiger partial charge < -0.3 is 9.15 Å². The van der Waals surface area contributed by atoms with Crippen molar-refractivity contribution in [2.75, 3.05) is 7.11 Å². The number of tetrazole rings is 1. The molecular formula is C20H19N5O2S. The lowest BCUT2D eigenvalue weighted by Crippen LogP contribution is -2.04. The van der Waals surface area contributed by atoms with E-state index < -0.39 is 0 Å². The van der Waals surface area contributed by atoms with E-state index in [2.05, 4.69) is 46.5 Å². The van der Waals surface area contributed by atoms with E-state index in [-0.39, 0.29) is 0 Å². The third-order valence-corrected chi connectivity index (χ3v) is 5.28. The molecule has 0 aliphatic carbocycles. The number of ether oxygens (including phenoxy) is 1. The molecular weight excluding hydrogens is 374 g/mol. The van der Waals surface area contributed by atoms with E-state index in [9.17, 15) is 0 Å². The highest BCUT2D eigenvalue weighted by atomic mass is 32.2. The van der Waals surface area contributed by atoms with Crippen LogP contribution in [0.3, 0.4) is 0 Å². The Labute approximate surface area is 166 Å². The van der Waals surface area contributed by atoms with Crippen LogP contribution in [0, 0.1) is 13.8 Å². The molecule has 4 aromatic rings. The molecule has 0 bridgehead atoms. The summed E-state index contributed by atoms with van der Waals surface area (Å²) in [5, 5.41) is 12.9. The molecule has 0 saturated carbocycles. The second-order valence-electron chi connectivity index (χ2n) is 6.27. The minimum Gasteiger partial charge on any atom is -0.497 e. The Kier molecular flexibility index (Phi) is 5.12. The number of hydrogen-bond acceptors (Lipinski definition) is 7. The predicted octanol–water partition coefficient (Wildman–Crippen LogP) is 4.24. The van der Waals surface area contributed by atoms with Crippen LogP contribution in [0.25, 0.3) is 17.1 Å². The Morgan fingerprint density at radius 2 is 1.82 bits per heavy atom. The maximum Gasteiger partial charge on any atom is 0.226 e. The molecule has 0 aliphatic heterocycles. The van der Waals surface area contributed by atoms with Crippen molar-refractivity contribution in [3.05, 3.63) is 65.5 Å². The molecule has 7 nitrogen and oxygen atoms in total. The van der Waals surface area contributed by atoms with E-state index in [4.69, 9.17) is 9.15 Å². The number of rotatable bonds is 6. The van der Waals surface area contributed by atoms with E-state index >= 15 is 0 Å². The van der Waals surface area contributed by atoms with Crippen molar-refractivity contribution in [2.45, 2.75) is 24.8 Å². The monoisotopic (exact) mass is 393 g/mol. The summed E-state index contributed by atoms with van der Waals surface area (Å²) in [6.07, 6.45) is 1.67. The first kappa shape index (κ1) is 18.2. The molecule has 2 aromatic carbocycles. The lowest BCUT2D eigenvalue weighted by molar-refractivity contribution is 0.415. The first-order valence-electron chi connectivity index (χ1n) is 8.72. The van der Waals surface area contributed by atoms with Crippen molar-refractivity contribution < 1.29 is 9.15 Å². The molecule has 142 valence electrons. The number of thioether (sulfide) groups is 1. The molecule has 0 aliphatic rings. The quantitative estimate of drug-likeness (QED) is 0.453. The number of methoxy groups -OCH3 is 1. The lowest BCUT2D eigenvalue weighted by atomic mass is 10.1. The average Bonchev–Trinajstić information content (AvgIpc) is 3.36. The zero-order chi connectivity index (χ0) is 19.5. The van der Waals surface area contributed by atoms with Crippen LogP contribution in [-0.4, -0.2) is 32.3 Å². The molecule has 0 radical (unpaired) electrons. The molecule has 0 fully saturated rings. The Morgan fingerprint density at radius 3 is 2.54 bits per heavy atom. The van der Waals surface area contributed by atoms with Crippen LogP contribution in [0.15, 0.2) is 58.3 Å². The normalized spacial score (nSPS) is 11.0. The fraction of sp³-hybridized carbons (Fsp3) is 0.200. The van der Waals surface area contributed by atoms with Gasteiger partial charge in [0.1, 0.15) is 12.0 Å². The van der Waals surface area contributed by atoms with Crippen molar-refractivity contribution in [3.8, 4) is 22.9 Å². The summed E-state index contributed by atoms with van der Waals surface area (Å²) in [6, 6.07) is 13.7. The summed E-state index contributed by atoms with van der Waals surface area (Å²) >= 11 is 1.52. The molecule has 0 N–H and O–H groups in total. The van der Waals surface area contributed by atoms with Gasteiger partial charge in [-0.15, -0.1) is 5.10 Å². The summed E-state index contributed by atoms with van der Waals surface area (Å²) < 4.78 is 12.6. The SMILES string of the molecule is COc1ccc(-c2nc(CSc3nnnn3-c3c(C)cccc3C)co2)cc1. The van der Waals surface area contributed by atoms with Crippen molar-refractivity contribution in [3.63, 3.8) is 0 Å². The van der Waals surface area contributed by atoms with Crippen molar-refractivity contribution in [2.24, 2.45) is 0 Å². The largest absolute Gasteiger partial charge is 0.497 e. The minimum absolute atomic E-state index is 0.576. The van der Waals surface area contributed by atoms with Gasteiger partial charge in [0.15, 0.2) is 0 Å². The van der Waals surface area contributed by atoms with E-state index in [1.807, 2.05) is 30.3 Å². The molecule has 0 atom stereocenters. The number of aromatic nitrogens is 5. The number of oxazole rings is 1.